The summed E-state index contributed by atoms with van der Waals surface area (Å²) in [5.41, 5.74) is 1.88. The SMILES string of the molecule is Cc1nccn1-c1cncc([C@H]2CCCN2C(=O)Cc2ccccc2)n1. The smallest absolute Gasteiger partial charge is 0.227 e. The fourth-order valence-electron chi connectivity index (χ4n) is 3.51. The fraction of sp³-hybridized carbons (Fsp3) is 0.300. The number of carbonyl (C=O) groups excluding carboxylic acids is 1. The molecule has 0 aliphatic carbocycles. The van der Waals surface area contributed by atoms with Crippen molar-refractivity contribution in [3.8, 4) is 5.82 Å². The first-order chi connectivity index (χ1) is 12.7. The van der Waals surface area contributed by atoms with E-state index in [0.29, 0.717) is 6.42 Å². The Hall–Kier alpha value is -3.02. The molecule has 3 aromatic rings. The standard InChI is InChI=1S/C20H21N5O/c1-15-22-9-11-24(15)19-14-21-13-17(23-19)18-8-5-10-25(18)20(26)12-16-6-3-2-4-7-16/h2-4,6-7,9,11,13-14,18H,5,8,10,12H2,1H3/t18-/m1/s1. The molecule has 1 aromatic carbocycles. The largest absolute Gasteiger partial charge is 0.334 e. The number of carbonyl (C=O) groups is 1. The molecule has 2 aromatic heterocycles. The third kappa shape index (κ3) is 3.22. The molecule has 6 nitrogen and oxygen atoms in total. The Bertz CT molecular complexity index is 905. The van der Waals surface area contributed by atoms with Gasteiger partial charge >= 0.3 is 0 Å². The van der Waals surface area contributed by atoms with Gasteiger partial charge in [-0.1, -0.05) is 30.3 Å². The summed E-state index contributed by atoms with van der Waals surface area (Å²) in [5, 5.41) is 0. The van der Waals surface area contributed by atoms with Crippen LogP contribution in [-0.4, -0.2) is 36.9 Å². The van der Waals surface area contributed by atoms with Gasteiger partial charge in [-0.05, 0) is 25.3 Å². The summed E-state index contributed by atoms with van der Waals surface area (Å²) in [6.45, 7) is 2.70. The highest BCUT2D eigenvalue weighted by molar-refractivity contribution is 5.79. The van der Waals surface area contributed by atoms with Crippen molar-refractivity contribution < 1.29 is 4.79 Å². The lowest BCUT2D eigenvalue weighted by molar-refractivity contribution is -0.131. The minimum Gasteiger partial charge on any atom is -0.334 e. The molecule has 1 saturated heterocycles. The van der Waals surface area contributed by atoms with E-state index >= 15 is 0 Å². The first-order valence-electron chi connectivity index (χ1n) is 8.88. The summed E-state index contributed by atoms with van der Waals surface area (Å²) in [6.07, 6.45) is 9.44. The predicted molar refractivity (Wildman–Crippen MR) is 97.7 cm³/mol. The number of amides is 1. The molecule has 1 amide bonds. The van der Waals surface area contributed by atoms with Crippen LogP contribution >= 0.6 is 0 Å². The molecule has 26 heavy (non-hydrogen) atoms. The Morgan fingerprint density at radius 3 is 2.85 bits per heavy atom. The van der Waals surface area contributed by atoms with Gasteiger partial charge in [-0.3, -0.25) is 14.3 Å². The lowest BCUT2D eigenvalue weighted by atomic mass is 10.1. The van der Waals surface area contributed by atoms with E-state index in [4.69, 9.17) is 4.98 Å². The molecule has 0 saturated carbocycles. The average Bonchev–Trinajstić information content (AvgIpc) is 3.32. The van der Waals surface area contributed by atoms with Crippen LogP contribution in [0, 0.1) is 6.92 Å². The van der Waals surface area contributed by atoms with Crippen molar-refractivity contribution in [3.63, 3.8) is 0 Å². The highest BCUT2D eigenvalue weighted by atomic mass is 16.2. The number of nitrogens with zero attached hydrogens (tertiary/aromatic N) is 5. The van der Waals surface area contributed by atoms with E-state index in [1.165, 1.54) is 0 Å². The molecular weight excluding hydrogens is 326 g/mol. The molecule has 0 N–H and O–H groups in total. The summed E-state index contributed by atoms with van der Waals surface area (Å²) >= 11 is 0. The highest BCUT2D eigenvalue weighted by Gasteiger charge is 2.31. The summed E-state index contributed by atoms with van der Waals surface area (Å²) in [7, 11) is 0. The zero-order valence-corrected chi connectivity index (χ0v) is 14.7. The molecule has 0 unspecified atom stereocenters. The van der Waals surface area contributed by atoms with E-state index in [-0.39, 0.29) is 11.9 Å². The van der Waals surface area contributed by atoms with E-state index in [2.05, 4.69) is 9.97 Å². The number of likely N-dealkylation sites (tertiary alicyclic amines) is 1. The molecule has 1 atom stereocenters. The lowest BCUT2D eigenvalue weighted by Crippen LogP contribution is -2.32. The van der Waals surface area contributed by atoms with E-state index in [0.717, 1.165) is 42.3 Å². The monoisotopic (exact) mass is 347 g/mol. The van der Waals surface area contributed by atoms with Crippen molar-refractivity contribution in [2.24, 2.45) is 0 Å². The van der Waals surface area contributed by atoms with Gasteiger partial charge in [0.25, 0.3) is 0 Å². The maximum absolute atomic E-state index is 12.8. The zero-order chi connectivity index (χ0) is 17.9. The van der Waals surface area contributed by atoms with E-state index in [1.807, 2.05) is 52.9 Å². The normalized spacial score (nSPS) is 16.8. The van der Waals surface area contributed by atoms with Crippen molar-refractivity contribution >= 4 is 5.91 Å². The van der Waals surface area contributed by atoms with Crippen LogP contribution in [0.3, 0.4) is 0 Å². The molecule has 0 spiro atoms. The maximum atomic E-state index is 12.8. The predicted octanol–water partition coefficient (Wildman–Crippen LogP) is 2.88. The van der Waals surface area contributed by atoms with Crippen molar-refractivity contribution in [2.45, 2.75) is 32.2 Å². The van der Waals surface area contributed by atoms with E-state index in [1.54, 1.807) is 18.6 Å². The molecule has 4 rings (SSSR count). The summed E-state index contributed by atoms with van der Waals surface area (Å²) < 4.78 is 1.90. The molecule has 6 heteroatoms. The van der Waals surface area contributed by atoms with Crippen molar-refractivity contribution in [1.82, 2.24) is 24.4 Å². The van der Waals surface area contributed by atoms with Crippen LogP contribution in [0.15, 0.2) is 55.1 Å². The van der Waals surface area contributed by atoms with Crippen LogP contribution < -0.4 is 0 Å². The van der Waals surface area contributed by atoms with Crippen LogP contribution in [0.5, 0.6) is 0 Å². The molecule has 0 bridgehead atoms. The number of hydrogen-bond acceptors (Lipinski definition) is 4. The molecule has 1 aliphatic rings. The lowest BCUT2D eigenvalue weighted by Gasteiger charge is -2.24. The fourth-order valence-corrected chi connectivity index (χ4v) is 3.51. The molecular formula is C20H21N5O. The number of imidazole rings is 1. The average molecular weight is 347 g/mol. The van der Waals surface area contributed by atoms with Crippen LogP contribution in [0.25, 0.3) is 5.82 Å². The summed E-state index contributed by atoms with van der Waals surface area (Å²) in [6, 6.07) is 9.86. The van der Waals surface area contributed by atoms with Gasteiger partial charge in [0.1, 0.15) is 5.82 Å². The van der Waals surface area contributed by atoms with E-state index in [9.17, 15) is 4.79 Å². The van der Waals surface area contributed by atoms with Crippen LogP contribution in [0.1, 0.15) is 36.0 Å². The number of aromatic nitrogens is 4. The first kappa shape index (κ1) is 16.4. The molecule has 1 aliphatic heterocycles. The number of aryl methyl sites for hydroxylation is 1. The van der Waals surface area contributed by atoms with Gasteiger partial charge in [0, 0.05) is 18.9 Å². The Balaban J connectivity index is 1.57. The summed E-state index contributed by atoms with van der Waals surface area (Å²) in [5.74, 6) is 1.74. The quantitative estimate of drug-likeness (QED) is 0.728. The second kappa shape index (κ2) is 7.07. The Morgan fingerprint density at radius 1 is 1.23 bits per heavy atom. The van der Waals surface area contributed by atoms with Crippen molar-refractivity contribution in [1.29, 1.82) is 0 Å². The molecule has 1 fully saturated rings. The topological polar surface area (TPSA) is 63.9 Å². The minimum absolute atomic E-state index is 0.0116. The van der Waals surface area contributed by atoms with Crippen molar-refractivity contribution in [3.05, 3.63) is 72.2 Å². The molecule has 3 heterocycles. The van der Waals surface area contributed by atoms with Gasteiger partial charge in [0.05, 0.1) is 30.6 Å². The van der Waals surface area contributed by atoms with Gasteiger partial charge in [-0.2, -0.15) is 0 Å². The van der Waals surface area contributed by atoms with Gasteiger partial charge < -0.3 is 4.90 Å². The van der Waals surface area contributed by atoms with Crippen LogP contribution in [-0.2, 0) is 11.2 Å². The van der Waals surface area contributed by atoms with Gasteiger partial charge in [-0.15, -0.1) is 0 Å². The third-order valence-electron chi connectivity index (χ3n) is 4.83. The Labute approximate surface area is 152 Å². The molecule has 0 radical (unpaired) electrons. The Morgan fingerprint density at radius 2 is 2.08 bits per heavy atom. The van der Waals surface area contributed by atoms with Crippen LogP contribution in [0.2, 0.25) is 0 Å². The second-order valence-electron chi connectivity index (χ2n) is 6.55. The van der Waals surface area contributed by atoms with Crippen LogP contribution in [0.4, 0.5) is 0 Å². The number of hydrogen-bond donors (Lipinski definition) is 0. The van der Waals surface area contributed by atoms with Gasteiger partial charge in [0.2, 0.25) is 5.91 Å². The highest BCUT2D eigenvalue weighted by Crippen LogP contribution is 2.31. The number of benzene rings is 1. The number of rotatable bonds is 4. The Kier molecular flexibility index (Phi) is 4.48. The summed E-state index contributed by atoms with van der Waals surface area (Å²) in [4.78, 5) is 28.1. The first-order valence-corrected chi connectivity index (χ1v) is 8.88. The second-order valence-corrected chi connectivity index (χ2v) is 6.55. The maximum Gasteiger partial charge on any atom is 0.227 e. The van der Waals surface area contributed by atoms with Gasteiger partial charge in [-0.25, -0.2) is 9.97 Å². The van der Waals surface area contributed by atoms with Gasteiger partial charge in [0.15, 0.2) is 5.82 Å². The zero-order valence-electron chi connectivity index (χ0n) is 14.7. The van der Waals surface area contributed by atoms with Crippen molar-refractivity contribution in [2.75, 3.05) is 6.54 Å². The van der Waals surface area contributed by atoms with E-state index < -0.39 is 0 Å². The minimum atomic E-state index is -0.0116. The molecule has 132 valence electrons. The third-order valence-corrected chi connectivity index (χ3v) is 4.83.